The third-order valence-electron chi connectivity index (χ3n) is 5.68. The first-order valence-corrected chi connectivity index (χ1v) is 10.8. The van der Waals surface area contributed by atoms with Crippen LogP contribution < -0.4 is 16.0 Å². The lowest BCUT2D eigenvalue weighted by Gasteiger charge is -2.34. The van der Waals surface area contributed by atoms with Crippen molar-refractivity contribution < 1.29 is 18.0 Å². The van der Waals surface area contributed by atoms with Gasteiger partial charge in [0.25, 0.3) is 0 Å². The summed E-state index contributed by atoms with van der Waals surface area (Å²) in [6.07, 6.45) is 1.68. The van der Waals surface area contributed by atoms with Crippen LogP contribution >= 0.6 is 0 Å². The maximum absolute atomic E-state index is 13.3. The molecule has 33 heavy (non-hydrogen) atoms. The first-order valence-electron chi connectivity index (χ1n) is 10.8. The number of benzene rings is 1. The molecule has 0 saturated heterocycles. The Labute approximate surface area is 189 Å². The number of alkyl halides is 3. The van der Waals surface area contributed by atoms with Gasteiger partial charge in [0.2, 0.25) is 0 Å². The summed E-state index contributed by atoms with van der Waals surface area (Å²) in [5.41, 5.74) is 6.32. The van der Waals surface area contributed by atoms with Crippen LogP contribution in [0.1, 0.15) is 37.7 Å². The molecule has 1 fully saturated rings. The van der Waals surface area contributed by atoms with Gasteiger partial charge in [-0.25, -0.2) is 14.8 Å². The van der Waals surface area contributed by atoms with Crippen molar-refractivity contribution in [2.45, 2.75) is 44.3 Å². The number of carbonyl (C=O) groups is 1. The Morgan fingerprint density at radius 1 is 1.03 bits per heavy atom. The highest BCUT2D eigenvalue weighted by atomic mass is 19.4. The van der Waals surface area contributed by atoms with Crippen LogP contribution in [0.15, 0.2) is 60.8 Å². The minimum Gasteiger partial charge on any atom is -0.396 e. The summed E-state index contributed by atoms with van der Waals surface area (Å²) in [6.45, 7) is 0. The summed E-state index contributed by atoms with van der Waals surface area (Å²) in [5.74, 6) is 0.612. The molecule has 0 aliphatic heterocycles. The van der Waals surface area contributed by atoms with Crippen molar-refractivity contribution in [3.05, 3.63) is 66.4 Å². The van der Waals surface area contributed by atoms with E-state index < -0.39 is 17.8 Å². The number of halogens is 3. The number of anilines is 3. The van der Waals surface area contributed by atoms with E-state index in [2.05, 4.69) is 15.3 Å². The molecule has 2 heterocycles. The van der Waals surface area contributed by atoms with Crippen LogP contribution in [0.25, 0.3) is 11.3 Å². The molecule has 0 atom stereocenters. The van der Waals surface area contributed by atoms with Crippen molar-refractivity contribution in [1.29, 1.82) is 0 Å². The Morgan fingerprint density at radius 3 is 2.52 bits per heavy atom. The van der Waals surface area contributed by atoms with Gasteiger partial charge in [0, 0.05) is 17.8 Å². The van der Waals surface area contributed by atoms with Gasteiger partial charge in [-0.2, -0.15) is 13.2 Å². The summed E-state index contributed by atoms with van der Waals surface area (Å²) in [6, 6.07) is 12.7. The summed E-state index contributed by atoms with van der Waals surface area (Å²) >= 11 is 0. The van der Waals surface area contributed by atoms with Gasteiger partial charge in [-0.1, -0.05) is 37.5 Å². The van der Waals surface area contributed by atoms with E-state index in [4.69, 9.17) is 5.73 Å². The number of hydrogen-bond acceptors (Lipinski definition) is 4. The zero-order chi connectivity index (χ0) is 23.4. The van der Waals surface area contributed by atoms with Gasteiger partial charge in [-0.15, -0.1) is 0 Å². The molecule has 2 amide bonds. The number of rotatable bonds is 4. The molecule has 0 radical (unpaired) electrons. The molecule has 0 unspecified atom stereocenters. The number of carbonyl (C=O) groups excluding carboxylic acids is 1. The fraction of sp³-hybridized carbons (Fsp3) is 0.292. The first kappa shape index (κ1) is 22.6. The quantitative estimate of drug-likeness (QED) is 0.497. The van der Waals surface area contributed by atoms with Gasteiger partial charge in [0.05, 0.1) is 16.9 Å². The van der Waals surface area contributed by atoms with Crippen molar-refractivity contribution in [2.24, 2.45) is 0 Å². The highest BCUT2D eigenvalue weighted by Crippen LogP contribution is 2.35. The molecule has 1 aliphatic rings. The fourth-order valence-electron chi connectivity index (χ4n) is 4.05. The lowest BCUT2D eigenvalue weighted by Crippen LogP contribution is -2.45. The minimum atomic E-state index is -4.47. The Balaban J connectivity index is 1.73. The van der Waals surface area contributed by atoms with Gasteiger partial charge in [0.15, 0.2) is 5.82 Å². The predicted molar refractivity (Wildman–Crippen MR) is 122 cm³/mol. The third kappa shape index (κ3) is 5.24. The number of amides is 2. The van der Waals surface area contributed by atoms with Crippen LogP contribution in [0, 0.1) is 0 Å². The number of nitrogens with two attached hydrogens (primary N) is 1. The van der Waals surface area contributed by atoms with Crippen molar-refractivity contribution >= 4 is 23.4 Å². The summed E-state index contributed by atoms with van der Waals surface area (Å²) in [4.78, 5) is 23.6. The Hall–Kier alpha value is -3.62. The van der Waals surface area contributed by atoms with E-state index in [1.807, 2.05) is 0 Å². The zero-order valence-electron chi connectivity index (χ0n) is 17.8. The van der Waals surface area contributed by atoms with Crippen molar-refractivity contribution in [2.75, 3.05) is 16.0 Å². The molecule has 1 aliphatic carbocycles. The van der Waals surface area contributed by atoms with Gasteiger partial charge >= 0.3 is 12.2 Å². The molecule has 3 N–H and O–H groups in total. The standard InChI is InChI=1S/C24H24F3N5O/c25-24(26,27)17-8-6-7-16(15-17)20-13-12-19(28)22(30-20)32(18-9-2-1-3-10-18)23(33)31-21-11-4-5-14-29-21/h4-8,11-15,18H,1-3,9-10,28H2,(H,29,31,33). The van der Waals surface area contributed by atoms with Crippen LogP contribution in [0.2, 0.25) is 0 Å². The van der Waals surface area contributed by atoms with Crippen molar-refractivity contribution in [1.82, 2.24) is 9.97 Å². The maximum atomic E-state index is 13.3. The Morgan fingerprint density at radius 2 is 1.82 bits per heavy atom. The van der Waals surface area contributed by atoms with Crippen molar-refractivity contribution in [3.8, 4) is 11.3 Å². The van der Waals surface area contributed by atoms with Crippen LogP contribution in [-0.4, -0.2) is 22.0 Å². The average molecular weight is 455 g/mol. The Kier molecular flexibility index (Phi) is 6.48. The normalized spacial score (nSPS) is 14.6. The number of nitrogens with zero attached hydrogens (tertiary/aromatic N) is 3. The predicted octanol–water partition coefficient (Wildman–Crippen LogP) is 6.12. The SMILES string of the molecule is Nc1ccc(-c2cccc(C(F)(F)F)c2)nc1N(C(=O)Nc1ccccn1)C1CCCCC1. The number of nitrogen functional groups attached to an aromatic ring is 1. The topological polar surface area (TPSA) is 84.1 Å². The second kappa shape index (κ2) is 9.48. The smallest absolute Gasteiger partial charge is 0.396 e. The van der Waals surface area contributed by atoms with Crippen LogP contribution in [0.5, 0.6) is 0 Å². The maximum Gasteiger partial charge on any atom is 0.416 e. The van der Waals surface area contributed by atoms with E-state index in [0.29, 0.717) is 17.1 Å². The van der Waals surface area contributed by atoms with Crippen LogP contribution in [0.3, 0.4) is 0 Å². The third-order valence-corrected chi connectivity index (χ3v) is 5.68. The number of nitrogens with one attached hydrogen (secondary N) is 1. The summed E-state index contributed by atoms with van der Waals surface area (Å²) in [5, 5.41) is 2.78. The fourth-order valence-corrected chi connectivity index (χ4v) is 4.05. The second-order valence-corrected chi connectivity index (χ2v) is 7.99. The van der Waals surface area contributed by atoms with E-state index in [1.165, 1.54) is 11.0 Å². The van der Waals surface area contributed by atoms with Gasteiger partial charge < -0.3 is 5.73 Å². The molecule has 2 aromatic heterocycles. The molecule has 3 aromatic rings. The van der Waals surface area contributed by atoms with E-state index in [1.54, 1.807) is 42.6 Å². The van der Waals surface area contributed by atoms with E-state index in [9.17, 15) is 18.0 Å². The molecular formula is C24H24F3N5O. The summed E-state index contributed by atoms with van der Waals surface area (Å²) in [7, 11) is 0. The van der Waals surface area contributed by atoms with E-state index >= 15 is 0 Å². The van der Waals surface area contributed by atoms with Gasteiger partial charge in [-0.3, -0.25) is 10.2 Å². The molecule has 0 spiro atoms. The second-order valence-electron chi connectivity index (χ2n) is 7.99. The lowest BCUT2D eigenvalue weighted by atomic mass is 9.94. The van der Waals surface area contributed by atoms with Crippen LogP contribution in [0.4, 0.5) is 35.3 Å². The van der Waals surface area contributed by atoms with E-state index in [0.717, 1.165) is 44.2 Å². The number of hydrogen-bond donors (Lipinski definition) is 2. The highest BCUT2D eigenvalue weighted by molar-refractivity contribution is 6.03. The molecule has 9 heteroatoms. The number of pyridine rings is 2. The molecule has 172 valence electrons. The Bertz CT molecular complexity index is 1110. The highest BCUT2D eigenvalue weighted by Gasteiger charge is 2.32. The molecule has 1 aromatic carbocycles. The van der Waals surface area contributed by atoms with Gasteiger partial charge in [-0.05, 0) is 49.2 Å². The lowest BCUT2D eigenvalue weighted by molar-refractivity contribution is -0.137. The summed E-state index contributed by atoms with van der Waals surface area (Å²) < 4.78 is 39.6. The molecule has 0 bridgehead atoms. The molecule has 4 rings (SSSR count). The molecular weight excluding hydrogens is 431 g/mol. The minimum absolute atomic E-state index is 0.131. The monoisotopic (exact) mass is 455 g/mol. The van der Waals surface area contributed by atoms with Crippen LogP contribution in [-0.2, 0) is 6.18 Å². The number of aromatic nitrogens is 2. The van der Waals surface area contributed by atoms with Gasteiger partial charge in [0.1, 0.15) is 5.82 Å². The van der Waals surface area contributed by atoms with E-state index in [-0.39, 0.29) is 17.5 Å². The van der Waals surface area contributed by atoms with Crippen molar-refractivity contribution in [3.63, 3.8) is 0 Å². The number of urea groups is 1. The first-order chi connectivity index (χ1) is 15.8. The molecule has 1 saturated carbocycles. The largest absolute Gasteiger partial charge is 0.416 e. The zero-order valence-corrected chi connectivity index (χ0v) is 17.8. The molecule has 6 nitrogen and oxygen atoms in total. The average Bonchev–Trinajstić information content (AvgIpc) is 2.81.